The Morgan fingerprint density at radius 2 is 2.16 bits per heavy atom. The van der Waals surface area contributed by atoms with Crippen LogP contribution in [0.5, 0.6) is 0 Å². The minimum absolute atomic E-state index is 0.0445. The predicted molar refractivity (Wildman–Crippen MR) is 74.8 cm³/mol. The second-order valence-corrected chi connectivity index (χ2v) is 5.52. The molecule has 0 saturated carbocycles. The van der Waals surface area contributed by atoms with Gasteiger partial charge in [-0.05, 0) is 32.0 Å². The quantitative estimate of drug-likeness (QED) is 0.854. The molecule has 0 heterocycles. The van der Waals surface area contributed by atoms with E-state index in [0.29, 0.717) is 19.0 Å². The van der Waals surface area contributed by atoms with Crippen LogP contribution >= 0.6 is 0 Å². The van der Waals surface area contributed by atoms with E-state index in [0.717, 1.165) is 11.1 Å². The zero-order chi connectivity index (χ0) is 14.0. The molecule has 0 radical (unpaired) electrons. The number of hydrogen-bond donors (Lipinski definition) is 2. The third-order valence-electron chi connectivity index (χ3n) is 3.80. The van der Waals surface area contributed by atoms with Crippen molar-refractivity contribution in [3.8, 4) is 0 Å². The maximum absolute atomic E-state index is 12.0. The topological polar surface area (TPSA) is 52.6 Å². The van der Waals surface area contributed by atoms with Crippen molar-refractivity contribution in [1.29, 1.82) is 0 Å². The van der Waals surface area contributed by atoms with Crippen molar-refractivity contribution in [2.75, 3.05) is 13.6 Å². The SMILES string of the molecule is CC(C)N(C)CC(=O)N[C@@H]1c2ccccc2C[C@@H]1O. The lowest BCUT2D eigenvalue weighted by Crippen LogP contribution is -2.41. The van der Waals surface area contributed by atoms with Crippen LogP contribution < -0.4 is 5.32 Å². The number of aliphatic hydroxyl groups excluding tert-OH is 1. The van der Waals surface area contributed by atoms with E-state index in [9.17, 15) is 9.90 Å². The lowest BCUT2D eigenvalue weighted by Gasteiger charge is -2.23. The van der Waals surface area contributed by atoms with Gasteiger partial charge < -0.3 is 10.4 Å². The molecule has 1 aromatic carbocycles. The minimum Gasteiger partial charge on any atom is -0.390 e. The summed E-state index contributed by atoms with van der Waals surface area (Å²) in [5.41, 5.74) is 2.16. The molecule has 0 spiro atoms. The Bertz CT molecular complexity index is 459. The van der Waals surface area contributed by atoms with E-state index in [1.807, 2.05) is 50.1 Å². The van der Waals surface area contributed by atoms with E-state index < -0.39 is 6.10 Å². The summed E-state index contributed by atoms with van der Waals surface area (Å²) in [5.74, 6) is -0.0445. The van der Waals surface area contributed by atoms with E-state index in [1.165, 1.54) is 0 Å². The Balaban J connectivity index is 2.01. The summed E-state index contributed by atoms with van der Waals surface area (Å²) in [6.45, 7) is 4.45. The van der Waals surface area contributed by atoms with Gasteiger partial charge in [-0.15, -0.1) is 0 Å². The van der Waals surface area contributed by atoms with Gasteiger partial charge in [0.2, 0.25) is 5.91 Å². The van der Waals surface area contributed by atoms with Crippen molar-refractivity contribution in [2.45, 2.75) is 38.5 Å². The van der Waals surface area contributed by atoms with E-state index in [-0.39, 0.29) is 11.9 Å². The van der Waals surface area contributed by atoms with Crippen molar-refractivity contribution in [1.82, 2.24) is 10.2 Å². The lowest BCUT2D eigenvalue weighted by atomic mass is 10.1. The molecule has 0 unspecified atom stereocenters. The van der Waals surface area contributed by atoms with Crippen molar-refractivity contribution in [3.05, 3.63) is 35.4 Å². The predicted octanol–water partition coefficient (Wildman–Crippen LogP) is 1.10. The van der Waals surface area contributed by atoms with E-state index >= 15 is 0 Å². The first kappa shape index (κ1) is 14.0. The first-order valence-electron chi connectivity index (χ1n) is 6.74. The monoisotopic (exact) mass is 262 g/mol. The third kappa shape index (κ3) is 3.14. The zero-order valence-corrected chi connectivity index (χ0v) is 11.8. The van der Waals surface area contributed by atoms with E-state index in [2.05, 4.69) is 5.32 Å². The van der Waals surface area contributed by atoms with E-state index in [1.54, 1.807) is 0 Å². The summed E-state index contributed by atoms with van der Waals surface area (Å²) in [4.78, 5) is 14.0. The van der Waals surface area contributed by atoms with Gasteiger partial charge in [0, 0.05) is 12.5 Å². The molecule has 104 valence electrons. The highest BCUT2D eigenvalue weighted by Gasteiger charge is 2.31. The van der Waals surface area contributed by atoms with Gasteiger partial charge in [-0.3, -0.25) is 9.69 Å². The molecule has 1 aliphatic carbocycles. The Morgan fingerprint density at radius 1 is 1.47 bits per heavy atom. The molecule has 4 heteroatoms. The smallest absolute Gasteiger partial charge is 0.234 e. The molecule has 2 atom stereocenters. The van der Waals surface area contributed by atoms with Gasteiger partial charge >= 0.3 is 0 Å². The molecule has 0 aromatic heterocycles. The highest BCUT2D eigenvalue weighted by atomic mass is 16.3. The Labute approximate surface area is 114 Å². The Morgan fingerprint density at radius 3 is 2.84 bits per heavy atom. The average molecular weight is 262 g/mol. The fourth-order valence-electron chi connectivity index (χ4n) is 2.38. The first-order valence-corrected chi connectivity index (χ1v) is 6.74. The third-order valence-corrected chi connectivity index (χ3v) is 3.80. The zero-order valence-electron chi connectivity index (χ0n) is 11.8. The van der Waals surface area contributed by atoms with Crippen molar-refractivity contribution < 1.29 is 9.90 Å². The van der Waals surface area contributed by atoms with Gasteiger partial charge in [0.1, 0.15) is 0 Å². The van der Waals surface area contributed by atoms with Crippen LogP contribution in [0.3, 0.4) is 0 Å². The number of aliphatic hydroxyl groups is 1. The van der Waals surface area contributed by atoms with Crippen LogP contribution in [-0.4, -0.2) is 41.7 Å². The molecule has 2 rings (SSSR count). The van der Waals surface area contributed by atoms with Crippen LogP contribution in [0.15, 0.2) is 24.3 Å². The standard InChI is InChI=1S/C15H22N2O2/c1-10(2)17(3)9-14(19)16-15-12-7-5-4-6-11(12)8-13(15)18/h4-7,10,13,15,18H,8-9H2,1-3H3,(H,16,19)/t13-,15+/m0/s1. The van der Waals surface area contributed by atoms with Crippen LogP contribution in [0.1, 0.15) is 31.0 Å². The molecular weight excluding hydrogens is 240 g/mol. The summed E-state index contributed by atoms with van der Waals surface area (Å²) < 4.78 is 0. The largest absolute Gasteiger partial charge is 0.390 e. The highest BCUT2D eigenvalue weighted by molar-refractivity contribution is 5.78. The van der Waals surface area contributed by atoms with Gasteiger partial charge in [0.05, 0.1) is 18.7 Å². The van der Waals surface area contributed by atoms with Crippen LogP contribution in [0.25, 0.3) is 0 Å². The number of benzene rings is 1. The number of carbonyl (C=O) groups excluding carboxylic acids is 1. The maximum atomic E-state index is 12.0. The first-order chi connectivity index (χ1) is 8.99. The number of fused-ring (bicyclic) bond motifs is 1. The number of hydrogen-bond acceptors (Lipinski definition) is 3. The molecule has 0 bridgehead atoms. The van der Waals surface area contributed by atoms with Crippen molar-refractivity contribution >= 4 is 5.91 Å². The van der Waals surface area contributed by atoms with Crippen molar-refractivity contribution in [3.63, 3.8) is 0 Å². The van der Waals surface area contributed by atoms with Gasteiger partial charge in [-0.1, -0.05) is 24.3 Å². The number of carbonyl (C=O) groups is 1. The molecular formula is C15H22N2O2. The Kier molecular flexibility index (Phi) is 4.22. The second kappa shape index (κ2) is 5.72. The highest BCUT2D eigenvalue weighted by Crippen LogP contribution is 2.31. The van der Waals surface area contributed by atoms with Crippen molar-refractivity contribution in [2.24, 2.45) is 0 Å². The van der Waals surface area contributed by atoms with Gasteiger partial charge in [0.25, 0.3) is 0 Å². The number of nitrogens with one attached hydrogen (secondary N) is 1. The Hall–Kier alpha value is -1.39. The molecule has 0 fully saturated rings. The van der Waals surface area contributed by atoms with Crippen LogP contribution in [0.4, 0.5) is 0 Å². The van der Waals surface area contributed by atoms with Gasteiger partial charge in [-0.25, -0.2) is 0 Å². The van der Waals surface area contributed by atoms with Crippen LogP contribution in [0.2, 0.25) is 0 Å². The summed E-state index contributed by atoms with van der Waals surface area (Å²) in [7, 11) is 1.92. The number of amides is 1. The summed E-state index contributed by atoms with van der Waals surface area (Å²) in [6.07, 6.45) is 0.0897. The number of nitrogens with zero attached hydrogens (tertiary/aromatic N) is 1. The molecule has 1 amide bonds. The van der Waals surface area contributed by atoms with Crippen LogP contribution in [0, 0.1) is 0 Å². The molecule has 1 aliphatic rings. The molecule has 4 nitrogen and oxygen atoms in total. The lowest BCUT2D eigenvalue weighted by molar-refractivity contribution is -0.123. The number of rotatable bonds is 4. The second-order valence-electron chi connectivity index (χ2n) is 5.52. The summed E-state index contributed by atoms with van der Waals surface area (Å²) in [6, 6.07) is 7.93. The van der Waals surface area contributed by atoms with E-state index in [4.69, 9.17) is 0 Å². The summed E-state index contributed by atoms with van der Waals surface area (Å²) >= 11 is 0. The molecule has 1 aromatic rings. The molecule has 0 aliphatic heterocycles. The maximum Gasteiger partial charge on any atom is 0.234 e. The molecule has 19 heavy (non-hydrogen) atoms. The summed E-state index contributed by atoms with van der Waals surface area (Å²) in [5, 5.41) is 13.0. The number of likely N-dealkylation sites (N-methyl/N-ethyl adjacent to an activating group) is 1. The normalized spacial score (nSPS) is 21.8. The minimum atomic E-state index is -0.522. The fourth-order valence-corrected chi connectivity index (χ4v) is 2.38. The average Bonchev–Trinajstić information content (AvgIpc) is 2.66. The van der Waals surface area contributed by atoms with Gasteiger partial charge in [-0.2, -0.15) is 0 Å². The fraction of sp³-hybridized carbons (Fsp3) is 0.533. The van der Waals surface area contributed by atoms with Crippen LogP contribution in [-0.2, 0) is 11.2 Å². The van der Waals surface area contributed by atoms with Gasteiger partial charge in [0.15, 0.2) is 0 Å². The molecule has 2 N–H and O–H groups in total. The molecule has 0 saturated heterocycles.